The summed E-state index contributed by atoms with van der Waals surface area (Å²) in [7, 11) is 0. The highest BCUT2D eigenvalue weighted by Gasteiger charge is 2.43. The molecule has 0 aliphatic carbocycles. The summed E-state index contributed by atoms with van der Waals surface area (Å²) < 4.78 is 6.12. The molecule has 1 N–H and O–H groups in total. The molecule has 0 unspecified atom stereocenters. The van der Waals surface area contributed by atoms with Crippen molar-refractivity contribution in [2.24, 2.45) is 0 Å². The molecule has 8 heteroatoms. The molecule has 0 aromatic carbocycles. The van der Waals surface area contributed by atoms with E-state index in [2.05, 4.69) is 4.98 Å². The third-order valence-corrected chi connectivity index (χ3v) is 6.56. The number of piperidine rings is 1. The predicted molar refractivity (Wildman–Crippen MR) is 97.0 cm³/mol. The van der Waals surface area contributed by atoms with Gasteiger partial charge in [0.2, 0.25) is 0 Å². The van der Waals surface area contributed by atoms with Crippen LogP contribution in [-0.4, -0.2) is 46.6 Å². The molecule has 0 bridgehead atoms. The Hall–Kier alpha value is -1.96. The molecule has 136 valence electrons. The van der Waals surface area contributed by atoms with Gasteiger partial charge in [-0.05, 0) is 43.0 Å². The fourth-order valence-corrected chi connectivity index (χ4v) is 5.00. The van der Waals surface area contributed by atoms with Gasteiger partial charge in [0.05, 0.1) is 11.6 Å². The first-order valence-electron chi connectivity index (χ1n) is 8.40. The number of amides is 1. The molecule has 2 aromatic heterocycles. The summed E-state index contributed by atoms with van der Waals surface area (Å²) in [6.45, 7) is 1.67. The smallest absolute Gasteiger partial charge is 0.345 e. The van der Waals surface area contributed by atoms with E-state index in [0.29, 0.717) is 48.1 Å². The normalized spacial score (nSPS) is 18.6. The summed E-state index contributed by atoms with van der Waals surface area (Å²) in [5.74, 6) is -1.02. The maximum atomic E-state index is 12.6. The van der Waals surface area contributed by atoms with Crippen molar-refractivity contribution in [3.63, 3.8) is 0 Å². The number of aromatic carboxylic acids is 1. The maximum absolute atomic E-state index is 12.6. The van der Waals surface area contributed by atoms with Crippen LogP contribution in [0.1, 0.15) is 43.4 Å². The number of carboxylic acids is 1. The Kier molecular flexibility index (Phi) is 4.46. The number of nitrogens with zero attached hydrogens (tertiary/aromatic N) is 2. The fraction of sp³-hybridized carbons (Fsp3) is 0.389. The van der Waals surface area contributed by atoms with Gasteiger partial charge >= 0.3 is 5.97 Å². The molecular formula is C18H17ClN2O4S. The molecule has 26 heavy (non-hydrogen) atoms. The number of carbonyl (C=O) groups excluding carboxylic acids is 1. The van der Waals surface area contributed by atoms with Crippen molar-refractivity contribution in [1.82, 2.24) is 9.88 Å². The van der Waals surface area contributed by atoms with Crippen LogP contribution in [0.2, 0.25) is 5.02 Å². The predicted octanol–water partition coefficient (Wildman–Crippen LogP) is 3.20. The zero-order valence-electron chi connectivity index (χ0n) is 13.9. The lowest BCUT2D eigenvalue weighted by molar-refractivity contribution is -0.0906. The number of halogens is 1. The number of pyridine rings is 1. The number of aromatic nitrogens is 1. The Balaban J connectivity index is 1.53. The molecule has 1 amide bonds. The van der Waals surface area contributed by atoms with Crippen LogP contribution in [0.5, 0.6) is 0 Å². The number of fused-ring (bicyclic) bond motifs is 2. The average molecular weight is 393 g/mol. The monoisotopic (exact) mass is 392 g/mol. The third-order valence-electron chi connectivity index (χ3n) is 4.99. The van der Waals surface area contributed by atoms with Crippen molar-refractivity contribution < 1.29 is 19.4 Å². The van der Waals surface area contributed by atoms with E-state index in [1.807, 2.05) is 0 Å². The Morgan fingerprint density at radius 1 is 1.31 bits per heavy atom. The summed E-state index contributed by atoms with van der Waals surface area (Å²) in [6.07, 6.45) is 3.51. The standard InChI is InChI=1S/C18H17ClN2O4S/c19-12-1-2-13(20-10-12)16(22)21-6-4-18(5-7-21)15-11(3-8-25-18)9-14(26-15)17(23)24/h1-2,9-10H,3-8H2,(H,23,24). The Morgan fingerprint density at radius 3 is 2.73 bits per heavy atom. The molecule has 1 saturated heterocycles. The number of hydrogen-bond donors (Lipinski definition) is 1. The molecule has 4 rings (SSSR count). The average Bonchev–Trinajstić information content (AvgIpc) is 3.09. The second-order valence-electron chi connectivity index (χ2n) is 6.52. The molecule has 1 spiro atoms. The first-order chi connectivity index (χ1) is 12.5. The van der Waals surface area contributed by atoms with E-state index in [4.69, 9.17) is 16.3 Å². The zero-order chi connectivity index (χ0) is 18.3. The highest BCUT2D eigenvalue weighted by molar-refractivity contribution is 7.14. The van der Waals surface area contributed by atoms with Gasteiger partial charge in [-0.1, -0.05) is 11.6 Å². The lowest BCUT2D eigenvalue weighted by Gasteiger charge is -2.43. The van der Waals surface area contributed by atoms with Crippen molar-refractivity contribution in [1.29, 1.82) is 0 Å². The van der Waals surface area contributed by atoms with Crippen LogP contribution in [-0.2, 0) is 16.8 Å². The van der Waals surface area contributed by atoms with Gasteiger partial charge in [-0.2, -0.15) is 0 Å². The number of ether oxygens (including phenoxy) is 1. The summed E-state index contributed by atoms with van der Waals surface area (Å²) in [6, 6.07) is 5.05. The number of hydrogen-bond acceptors (Lipinski definition) is 5. The Labute approximate surface area is 159 Å². The van der Waals surface area contributed by atoms with Crippen LogP contribution in [0.25, 0.3) is 0 Å². The quantitative estimate of drug-likeness (QED) is 0.848. The molecular weight excluding hydrogens is 376 g/mol. The first kappa shape index (κ1) is 17.5. The third kappa shape index (κ3) is 3.00. The van der Waals surface area contributed by atoms with Crippen LogP contribution in [0.15, 0.2) is 24.4 Å². The van der Waals surface area contributed by atoms with E-state index in [9.17, 15) is 14.7 Å². The molecule has 6 nitrogen and oxygen atoms in total. The summed E-state index contributed by atoms with van der Waals surface area (Å²) in [5, 5.41) is 9.78. The van der Waals surface area contributed by atoms with Gasteiger partial charge in [0, 0.05) is 24.2 Å². The van der Waals surface area contributed by atoms with Crippen LogP contribution in [0.4, 0.5) is 0 Å². The second kappa shape index (κ2) is 6.64. The Morgan fingerprint density at radius 2 is 2.08 bits per heavy atom. The van der Waals surface area contributed by atoms with E-state index in [0.717, 1.165) is 16.9 Å². The van der Waals surface area contributed by atoms with Crippen molar-refractivity contribution in [3.8, 4) is 0 Å². The van der Waals surface area contributed by atoms with Crippen LogP contribution in [0, 0.1) is 0 Å². The van der Waals surface area contributed by atoms with Gasteiger partial charge in [-0.15, -0.1) is 11.3 Å². The van der Waals surface area contributed by atoms with E-state index >= 15 is 0 Å². The van der Waals surface area contributed by atoms with Crippen molar-refractivity contribution in [2.75, 3.05) is 19.7 Å². The molecule has 2 aromatic rings. The van der Waals surface area contributed by atoms with Crippen LogP contribution in [0.3, 0.4) is 0 Å². The number of likely N-dealkylation sites (tertiary alicyclic amines) is 1. The number of carbonyl (C=O) groups is 2. The van der Waals surface area contributed by atoms with Crippen LogP contribution < -0.4 is 0 Å². The summed E-state index contributed by atoms with van der Waals surface area (Å²) in [4.78, 5) is 31.2. The van der Waals surface area contributed by atoms with Crippen molar-refractivity contribution in [2.45, 2.75) is 24.9 Å². The molecule has 4 heterocycles. The second-order valence-corrected chi connectivity index (χ2v) is 8.01. The van der Waals surface area contributed by atoms with Gasteiger partial charge in [0.15, 0.2) is 0 Å². The zero-order valence-corrected chi connectivity index (χ0v) is 15.5. The highest BCUT2D eigenvalue weighted by Crippen LogP contribution is 2.45. The maximum Gasteiger partial charge on any atom is 0.345 e. The van der Waals surface area contributed by atoms with Crippen LogP contribution >= 0.6 is 22.9 Å². The van der Waals surface area contributed by atoms with E-state index < -0.39 is 11.6 Å². The Bertz CT molecular complexity index is 857. The molecule has 0 radical (unpaired) electrons. The van der Waals surface area contributed by atoms with Gasteiger partial charge in [0.25, 0.3) is 5.91 Å². The SMILES string of the molecule is O=C(O)c1cc2c(s1)C1(CCN(C(=O)c3ccc(Cl)cn3)CC1)OCC2. The van der Waals surface area contributed by atoms with Crippen molar-refractivity contribution >= 4 is 34.8 Å². The van der Waals surface area contributed by atoms with E-state index in [1.165, 1.54) is 17.5 Å². The molecule has 2 aliphatic heterocycles. The molecule has 0 atom stereocenters. The highest BCUT2D eigenvalue weighted by atomic mass is 35.5. The fourth-order valence-electron chi connectivity index (χ4n) is 3.63. The molecule has 0 saturated carbocycles. The van der Waals surface area contributed by atoms with Gasteiger partial charge < -0.3 is 14.7 Å². The minimum absolute atomic E-state index is 0.120. The minimum Gasteiger partial charge on any atom is -0.477 e. The first-order valence-corrected chi connectivity index (χ1v) is 9.59. The molecule has 2 aliphatic rings. The van der Waals surface area contributed by atoms with E-state index in [-0.39, 0.29) is 5.91 Å². The largest absolute Gasteiger partial charge is 0.477 e. The minimum atomic E-state index is -0.902. The lowest BCUT2D eigenvalue weighted by Crippen LogP contribution is -2.48. The summed E-state index contributed by atoms with van der Waals surface area (Å²) in [5.41, 5.74) is 0.966. The van der Waals surface area contributed by atoms with Crippen molar-refractivity contribution in [3.05, 3.63) is 50.4 Å². The van der Waals surface area contributed by atoms with E-state index in [1.54, 1.807) is 23.1 Å². The number of thiophene rings is 1. The van der Waals surface area contributed by atoms with Gasteiger partial charge in [-0.3, -0.25) is 4.79 Å². The number of rotatable bonds is 2. The topological polar surface area (TPSA) is 79.7 Å². The summed E-state index contributed by atoms with van der Waals surface area (Å²) >= 11 is 7.13. The van der Waals surface area contributed by atoms with Gasteiger partial charge in [-0.25, -0.2) is 9.78 Å². The molecule has 1 fully saturated rings. The number of carboxylic acid groups (broad SMARTS) is 1. The van der Waals surface area contributed by atoms with Gasteiger partial charge in [0.1, 0.15) is 16.2 Å². The lowest BCUT2D eigenvalue weighted by atomic mass is 9.85.